The maximum atomic E-state index is 11.0. The molecule has 3 rings (SSSR count). The van der Waals surface area contributed by atoms with Crippen molar-refractivity contribution in [2.24, 2.45) is 0 Å². The van der Waals surface area contributed by atoms with Crippen LogP contribution >= 0.6 is 0 Å². The van der Waals surface area contributed by atoms with Gasteiger partial charge in [-0.15, -0.1) is 0 Å². The molecular weight excluding hydrogens is 300 g/mol. The van der Waals surface area contributed by atoms with Crippen molar-refractivity contribution in [2.45, 2.75) is 11.3 Å². The second kappa shape index (κ2) is 5.82. The number of nitrogens with one attached hydrogen (secondary N) is 2. The molecule has 3 aromatic rings. The van der Waals surface area contributed by atoms with Gasteiger partial charge in [0.15, 0.2) is 0 Å². The molecule has 3 N–H and O–H groups in total. The van der Waals surface area contributed by atoms with Crippen LogP contribution in [0.25, 0.3) is 10.9 Å². The van der Waals surface area contributed by atoms with E-state index in [1.165, 1.54) is 23.1 Å². The van der Waals surface area contributed by atoms with Gasteiger partial charge in [0.2, 0.25) is 0 Å². The lowest BCUT2D eigenvalue weighted by molar-refractivity contribution is 0.483. The van der Waals surface area contributed by atoms with Gasteiger partial charge in [0.1, 0.15) is 0 Å². The Balaban J connectivity index is 1.63. The second-order valence-electron chi connectivity index (χ2n) is 5.04. The fourth-order valence-corrected chi connectivity index (χ4v) is 2.90. The molecular formula is C16H16N2O3S. The van der Waals surface area contributed by atoms with Gasteiger partial charge in [-0.1, -0.05) is 18.2 Å². The summed E-state index contributed by atoms with van der Waals surface area (Å²) in [5.74, 6) is 0. The van der Waals surface area contributed by atoms with Crippen LogP contribution in [0.15, 0.2) is 59.6 Å². The number of aromatic amines is 1. The molecule has 0 atom stereocenters. The van der Waals surface area contributed by atoms with Crippen molar-refractivity contribution in [2.75, 3.05) is 11.9 Å². The summed E-state index contributed by atoms with van der Waals surface area (Å²) in [6, 6.07) is 14.2. The van der Waals surface area contributed by atoms with Gasteiger partial charge in [-0.25, -0.2) is 0 Å². The van der Waals surface area contributed by atoms with Gasteiger partial charge in [-0.3, -0.25) is 4.55 Å². The fraction of sp³-hybridized carbons (Fsp3) is 0.125. The van der Waals surface area contributed by atoms with E-state index in [0.29, 0.717) is 0 Å². The largest absolute Gasteiger partial charge is 0.385 e. The SMILES string of the molecule is O=S(=O)(O)c1ccc(NCCc2c[nH]c3ccccc23)cc1. The van der Waals surface area contributed by atoms with Crippen LogP contribution in [0.3, 0.4) is 0 Å². The molecule has 0 spiro atoms. The Morgan fingerprint density at radius 1 is 1.05 bits per heavy atom. The molecule has 22 heavy (non-hydrogen) atoms. The predicted octanol–water partition coefficient (Wildman–Crippen LogP) is 3.07. The van der Waals surface area contributed by atoms with Crippen molar-refractivity contribution in [3.8, 4) is 0 Å². The number of para-hydroxylation sites is 1. The van der Waals surface area contributed by atoms with E-state index in [2.05, 4.69) is 16.4 Å². The lowest BCUT2D eigenvalue weighted by Gasteiger charge is -2.06. The molecule has 6 heteroatoms. The first kappa shape index (κ1) is 14.6. The van der Waals surface area contributed by atoms with Crippen molar-refractivity contribution >= 4 is 26.7 Å². The van der Waals surface area contributed by atoms with Gasteiger partial charge >= 0.3 is 0 Å². The lowest BCUT2D eigenvalue weighted by atomic mass is 10.1. The zero-order chi connectivity index (χ0) is 15.6. The number of H-pyrrole nitrogens is 1. The first-order valence-electron chi connectivity index (χ1n) is 6.90. The molecule has 0 bridgehead atoms. The third-order valence-corrected chi connectivity index (χ3v) is 4.42. The van der Waals surface area contributed by atoms with E-state index >= 15 is 0 Å². The van der Waals surface area contributed by atoms with Gasteiger partial charge < -0.3 is 10.3 Å². The van der Waals surface area contributed by atoms with Gasteiger partial charge in [0.05, 0.1) is 4.90 Å². The average molecular weight is 316 g/mol. The first-order valence-corrected chi connectivity index (χ1v) is 8.34. The fourth-order valence-electron chi connectivity index (χ4n) is 2.42. The summed E-state index contributed by atoms with van der Waals surface area (Å²) in [6.07, 6.45) is 2.86. The minimum Gasteiger partial charge on any atom is -0.385 e. The standard InChI is InChI=1S/C16H16N2O3S/c19-22(20,21)14-7-5-13(6-8-14)17-10-9-12-11-18-16-4-2-1-3-15(12)16/h1-8,11,17-18H,9-10H2,(H,19,20,21). The quantitative estimate of drug-likeness (QED) is 0.632. The van der Waals surface area contributed by atoms with Gasteiger partial charge in [0, 0.05) is 29.3 Å². The molecule has 1 aromatic heterocycles. The Morgan fingerprint density at radius 3 is 2.50 bits per heavy atom. The van der Waals surface area contributed by atoms with E-state index in [4.69, 9.17) is 4.55 Å². The maximum absolute atomic E-state index is 11.0. The number of benzene rings is 2. The number of hydrogen-bond donors (Lipinski definition) is 3. The highest BCUT2D eigenvalue weighted by Gasteiger charge is 2.08. The Morgan fingerprint density at radius 2 is 1.77 bits per heavy atom. The van der Waals surface area contributed by atoms with E-state index < -0.39 is 10.1 Å². The first-order chi connectivity index (χ1) is 10.5. The zero-order valence-electron chi connectivity index (χ0n) is 11.8. The number of fused-ring (bicyclic) bond motifs is 1. The molecule has 0 saturated heterocycles. The van der Waals surface area contributed by atoms with Crippen molar-refractivity contribution < 1.29 is 13.0 Å². The minimum absolute atomic E-state index is 0.102. The zero-order valence-corrected chi connectivity index (χ0v) is 12.6. The summed E-state index contributed by atoms with van der Waals surface area (Å²) in [5.41, 5.74) is 3.17. The van der Waals surface area contributed by atoms with Crippen molar-refractivity contribution in [3.05, 3.63) is 60.3 Å². The molecule has 0 radical (unpaired) electrons. The monoisotopic (exact) mass is 316 g/mol. The molecule has 2 aromatic carbocycles. The lowest BCUT2D eigenvalue weighted by Crippen LogP contribution is -2.05. The Hall–Kier alpha value is -2.31. The predicted molar refractivity (Wildman–Crippen MR) is 86.7 cm³/mol. The Bertz CT molecular complexity index is 883. The van der Waals surface area contributed by atoms with Crippen LogP contribution in [0.2, 0.25) is 0 Å². The van der Waals surface area contributed by atoms with Crippen molar-refractivity contribution in [1.82, 2.24) is 4.98 Å². The second-order valence-corrected chi connectivity index (χ2v) is 6.46. The number of aromatic nitrogens is 1. The highest BCUT2D eigenvalue weighted by atomic mass is 32.2. The average Bonchev–Trinajstić information content (AvgIpc) is 2.90. The molecule has 0 unspecified atom stereocenters. The number of anilines is 1. The van der Waals surface area contributed by atoms with Crippen LogP contribution in [0, 0.1) is 0 Å². The summed E-state index contributed by atoms with van der Waals surface area (Å²) in [7, 11) is -4.13. The third-order valence-electron chi connectivity index (χ3n) is 3.55. The smallest absolute Gasteiger partial charge is 0.294 e. The summed E-state index contributed by atoms with van der Waals surface area (Å²) in [5, 5.41) is 4.45. The summed E-state index contributed by atoms with van der Waals surface area (Å²) in [6.45, 7) is 0.729. The van der Waals surface area contributed by atoms with E-state index in [-0.39, 0.29) is 4.90 Å². The molecule has 0 fully saturated rings. The van der Waals surface area contributed by atoms with Crippen LogP contribution in [-0.2, 0) is 16.5 Å². The normalized spacial score (nSPS) is 11.7. The van der Waals surface area contributed by atoms with E-state index in [9.17, 15) is 8.42 Å². The Labute approximate surface area is 128 Å². The number of hydrogen-bond acceptors (Lipinski definition) is 3. The number of rotatable bonds is 5. The van der Waals surface area contributed by atoms with Gasteiger partial charge in [-0.05, 0) is 42.3 Å². The van der Waals surface area contributed by atoms with Crippen LogP contribution in [0.5, 0.6) is 0 Å². The van der Waals surface area contributed by atoms with Crippen LogP contribution in [0.4, 0.5) is 5.69 Å². The molecule has 5 nitrogen and oxygen atoms in total. The molecule has 114 valence electrons. The van der Waals surface area contributed by atoms with E-state index in [1.54, 1.807) is 12.1 Å². The van der Waals surface area contributed by atoms with Crippen LogP contribution in [0.1, 0.15) is 5.56 Å². The molecule has 0 amide bonds. The summed E-state index contributed by atoms with van der Waals surface area (Å²) < 4.78 is 30.9. The van der Waals surface area contributed by atoms with Crippen LogP contribution in [-0.4, -0.2) is 24.5 Å². The molecule has 0 aliphatic carbocycles. The molecule has 0 aliphatic rings. The maximum Gasteiger partial charge on any atom is 0.294 e. The van der Waals surface area contributed by atoms with Crippen molar-refractivity contribution in [1.29, 1.82) is 0 Å². The highest BCUT2D eigenvalue weighted by Crippen LogP contribution is 2.18. The van der Waals surface area contributed by atoms with E-state index in [1.807, 2.05) is 24.4 Å². The van der Waals surface area contributed by atoms with Gasteiger partial charge in [-0.2, -0.15) is 8.42 Å². The highest BCUT2D eigenvalue weighted by molar-refractivity contribution is 7.85. The van der Waals surface area contributed by atoms with Gasteiger partial charge in [0.25, 0.3) is 10.1 Å². The summed E-state index contributed by atoms with van der Waals surface area (Å²) >= 11 is 0. The summed E-state index contributed by atoms with van der Waals surface area (Å²) in [4.78, 5) is 3.14. The third kappa shape index (κ3) is 3.13. The minimum atomic E-state index is -4.13. The van der Waals surface area contributed by atoms with Crippen LogP contribution < -0.4 is 5.32 Å². The topological polar surface area (TPSA) is 82.2 Å². The Kier molecular flexibility index (Phi) is 3.87. The molecule has 1 heterocycles. The molecule has 0 saturated carbocycles. The van der Waals surface area contributed by atoms with E-state index in [0.717, 1.165) is 24.2 Å². The molecule has 0 aliphatic heterocycles. The van der Waals surface area contributed by atoms with Crippen molar-refractivity contribution in [3.63, 3.8) is 0 Å².